The third kappa shape index (κ3) is 9.51. The highest BCUT2D eigenvalue weighted by atomic mass is 35.5. The molecule has 0 fully saturated rings. The van der Waals surface area contributed by atoms with E-state index in [0.717, 1.165) is 4.90 Å². The molecule has 4 amide bonds. The summed E-state index contributed by atoms with van der Waals surface area (Å²) in [6, 6.07) is 10.0. The molecular weight excluding hydrogens is 795 g/mol. The van der Waals surface area contributed by atoms with Gasteiger partial charge in [-0.3, -0.25) is 19.3 Å². The van der Waals surface area contributed by atoms with Gasteiger partial charge < -0.3 is 39.8 Å². The minimum absolute atomic E-state index is 0.0628. The van der Waals surface area contributed by atoms with Crippen LogP contribution in [0.15, 0.2) is 33.2 Å². The molecule has 58 heavy (non-hydrogen) atoms. The summed E-state index contributed by atoms with van der Waals surface area (Å²) in [5, 5.41) is 56.2. The van der Waals surface area contributed by atoms with E-state index in [-0.39, 0.29) is 71.0 Å². The molecule has 0 bridgehead atoms. The second-order valence-electron chi connectivity index (χ2n) is 15.3. The van der Waals surface area contributed by atoms with E-state index in [1.54, 1.807) is 46.8 Å². The predicted octanol–water partition coefficient (Wildman–Crippen LogP) is 6.37. The highest BCUT2D eigenvalue weighted by Gasteiger charge is 2.34. The molecule has 0 unspecified atom stereocenters. The van der Waals surface area contributed by atoms with E-state index in [1.165, 1.54) is 17.0 Å². The van der Waals surface area contributed by atoms with E-state index in [2.05, 4.69) is 20.8 Å². The van der Waals surface area contributed by atoms with Crippen molar-refractivity contribution in [3.63, 3.8) is 0 Å². The second kappa shape index (κ2) is 17.2. The lowest BCUT2D eigenvalue weighted by molar-refractivity contribution is -0.124. The fourth-order valence-corrected chi connectivity index (χ4v) is 6.37. The molecule has 4 aromatic rings. The normalized spacial score (nSPS) is 13.3. The van der Waals surface area contributed by atoms with Crippen molar-refractivity contribution in [2.45, 2.75) is 80.1 Å². The molecule has 4 heterocycles. The first-order valence-electron chi connectivity index (χ1n) is 17.9. The van der Waals surface area contributed by atoms with Gasteiger partial charge >= 0.3 is 12.0 Å². The molecule has 5 N–H and O–H groups in total. The number of carbonyl (C=O) groups is 4. The van der Waals surface area contributed by atoms with Crippen LogP contribution in [0.3, 0.4) is 0 Å². The van der Waals surface area contributed by atoms with Crippen LogP contribution in [0.25, 0.3) is 0 Å². The van der Waals surface area contributed by atoms with Gasteiger partial charge in [0.25, 0.3) is 11.8 Å². The number of nitrogens with zero attached hydrogens (tertiary/aromatic N) is 6. The van der Waals surface area contributed by atoms with Gasteiger partial charge in [0, 0.05) is 34.3 Å². The number of aromatic hydroxyl groups is 1. The fourth-order valence-electron chi connectivity index (χ4n) is 5.92. The number of aromatic nitrogens is 2. The van der Waals surface area contributed by atoms with E-state index < -0.39 is 22.8 Å². The Balaban J connectivity index is 0.000000239. The van der Waals surface area contributed by atoms with E-state index in [4.69, 9.17) is 37.2 Å². The van der Waals surface area contributed by atoms with Gasteiger partial charge in [-0.15, -0.1) is 0 Å². The number of rotatable bonds is 8. The average Bonchev–Trinajstić information content (AvgIpc) is 3.88. The summed E-state index contributed by atoms with van der Waals surface area (Å²) in [5.41, 5.74) is 1.86. The first-order chi connectivity index (χ1) is 27.3. The van der Waals surface area contributed by atoms with Gasteiger partial charge in [0.1, 0.15) is 23.6 Å². The maximum absolute atomic E-state index is 13.1. The molecule has 2 aromatic heterocycles. The molecule has 2 aliphatic heterocycles. The van der Waals surface area contributed by atoms with Crippen molar-refractivity contribution >= 4 is 58.4 Å². The fraction of sp³-hybridized carbons (Fsp3) is 0.385. The topological polar surface area (TPSA) is 259 Å². The van der Waals surface area contributed by atoms with Crippen LogP contribution < -0.4 is 10.6 Å². The quantitative estimate of drug-likeness (QED) is 0.129. The zero-order valence-electron chi connectivity index (χ0n) is 32.2. The minimum Gasteiger partial charge on any atom is -0.491 e. The lowest BCUT2D eigenvalue weighted by atomic mass is 9.84. The van der Waals surface area contributed by atoms with Gasteiger partial charge in [-0.2, -0.15) is 10.5 Å². The summed E-state index contributed by atoms with van der Waals surface area (Å²) in [6.07, 6.45) is 0.151. The summed E-state index contributed by atoms with van der Waals surface area (Å²) in [4.78, 5) is 55.8. The summed E-state index contributed by atoms with van der Waals surface area (Å²) in [5.74, 6) is -0.303. The largest absolute Gasteiger partial charge is 0.491 e. The van der Waals surface area contributed by atoms with E-state index in [9.17, 15) is 39.9 Å². The van der Waals surface area contributed by atoms with Crippen LogP contribution in [-0.2, 0) is 48.7 Å². The van der Waals surface area contributed by atoms with Crippen LogP contribution in [0.4, 0.5) is 16.2 Å². The standard InChI is InChI=1S/C26H28Cl2N4O3.C13H12N4O6/c1-25(2,3)23(34)31-21-10-16(12-29)19(27)8-15(21)6-7-26(4,5)24(35)32-22-11-17(13-30)20(28)9-18(22)14-33;18-10-6-1-2-16(4-8(6)23-15-10)12(19)11-14-7-3-17(13(20)21)5-9(7)22-11/h8-11,33H,6-7,14H2,1-5H3,(H,31,34)(H,32,35);1-5H2,(H,15,18)(H,20,21). The molecule has 304 valence electrons. The van der Waals surface area contributed by atoms with Crippen LogP contribution >= 0.6 is 23.2 Å². The van der Waals surface area contributed by atoms with E-state index in [0.29, 0.717) is 71.1 Å². The number of hydrogen-bond acceptors (Lipinski definition) is 12. The van der Waals surface area contributed by atoms with Crippen molar-refractivity contribution in [2.75, 3.05) is 17.2 Å². The zero-order chi connectivity index (χ0) is 42.7. The summed E-state index contributed by atoms with van der Waals surface area (Å²) >= 11 is 12.3. The van der Waals surface area contributed by atoms with E-state index >= 15 is 0 Å². The van der Waals surface area contributed by atoms with Crippen molar-refractivity contribution in [3.05, 3.63) is 85.2 Å². The number of halogens is 2. The van der Waals surface area contributed by atoms with Crippen molar-refractivity contribution < 1.29 is 43.4 Å². The van der Waals surface area contributed by atoms with Gasteiger partial charge in [0.2, 0.25) is 11.8 Å². The number of amides is 4. The summed E-state index contributed by atoms with van der Waals surface area (Å²) in [6.45, 7) is 9.28. The molecule has 6 rings (SSSR count). The lowest BCUT2D eigenvalue weighted by Gasteiger charge is -2.25. The monoisotopic (exact) mass is 834 g/mol. The number of nitrogens with one attached hydrogen (secondary N) is 2. The molecule has 17 nitrogen and oxygen atoms in total. The van der Waals surface area contributed by atoms with Crippen LogP contribution in [0.5, 0.6) is 5.88 Å². The van der Waals surface area contributed by atoms with Gasteiger partial charge in [-0.25, -0.2) is 9.78 Å². The number of fused-ring (bicyclic) bond motifs is 2. The number of carboxylic acid groups (broad SMARTS) is 1. The molecule has 0 aliphatic carbocycles. The molecule has 0 saturated carbocycles. The minimum atomic E-state index is -1.06. The van der Waals surface area contributed by atoms with Crippen molar-refractivity contribution in [2.24, 2.45) is 10.8 Å². The third-order valence-corrected chi connectivity index (χ3v) is 10.2. The number of anilines is 2. The molecule has 2 aromatic carbocycles. The summed E-state index contributed by atoms with van der Waals surface area (Å²) < 4.78 is 10.4. The van der Waals surface area contributed by atoms with Crippen LogP contribution in [0.1, 0.15) is 96.8 Å². The highest BCUT2D eigenvalue weighted by Crippen LogP contribution is 2.34. The first-order valence-corrected chi connectivity index (χ1v) is 18.6. The van der Waals surface area contributed by atoms with Gasteiger partial charge in [0.15, 0.2) is 5.76 Å². The molecule has 0 saturated heterocycles. The van der Waals surface area contributed by atoms with Crippen LogP contribution in [0, 0.1) is 33.5 Å². The average molecular weight is 836 g/mol. The molecular formula is C39H40Cl2N8O9. The molecule has 0 atom stereocenters. The van der Waals surface area contributed by atoms with Crippen LogP contribution in [0.2, 0.25) is 10.0 Å². The van der Waals surface area contributed by atoms with Gasteiger partial charge in [-0.1, -0.05) is 57.8 Å². The number of nitriles is 2. The second-order valence-corrected chi connectivity index (χ2v) is 16.1. The number of aryl methyl sites for hydroxylation is 1. The zero-order valence-corrected chi connectivity index (χ0v) is 33.7. The number of aliphatic hydroxyl groups excluding tert-OH is 1. The van der Waals surface area contributed by atoms with E-state index in [1.807, 2.05) is 12.1 Å². The molecule has 2 aliphatic rings. The Labute approximate surface area is 342 Å². The molecule has 0 spiro atoms. The molecule has 19 heteroatoms. The number of oxazole rings is 1. The smallest absolute Gasteiger partial charge is 0.408 e. The number of carbonyl (C=O) groups excluding carboxylic acids is 3. The Kier molecular flexibility index (Phi) is 12.7. The Morgan fingerprint density at radius 3 is 2.03 bits per heavy atom. The van der Waals surface area contributed by atoms with Crippen LogP contribution in [-0.4, -0.2) is 65.6 Å². The summed E-state index contributed by atoms with van der Waals surface area (Å²) in [7, 11) is 0. The maximum Gasteiger partial charge on any atom is 0.408 e. The Hall–Kier alpha value is -6.14. The van der Waals surface area contributed by atoms with Crippen molar-refractivity contribution in [1.29, 1.82) is 10.5 Å². The SMILES string of the molecule is CC(C)(C)C(=O)Nc1cc(C#N)c(Cl)cc1CCC(C)(C)C(=O)Nc1cc(C#N)c(Cl)cc1CO.O=C(O)N1Cc2nc(C(=O)N3CCc4c(O)noc4C3)oc2C1. The maximum atomic E-state index is 13.1. The first kappa shape index (κ1) is 43.0. The van der Waals surface area contributed by atoms with Crippen molar-refractivity contribution in [3.8, 4) is 18.0 Å². The highest BCUT2D eigenvalue weighted by molar-refractivity contribution is 6.32. The Morgan fingerprint density at radius 2 is 1.47 bits per heavy atom. The third-order valence-electron chi connectivity index (χ3n) is 9.62. The Bertz CT molecular complexity index is 2350. The van der Waals surface area contributed by atoms with Gasteiger partial charge in [-0.05, 0) is 54.2 Å². The molecule has 0 radical (unpaired) electrons. The number of aliphatic hydroxyl groups is 1. The lowest BCUT2D eigenvalue weighted by Crippen LogP contribution is -2.35. The number of benzene rings is 2. The van der Waals surface area contributed by atoms with Crippen molar-refractivity contribution in [1.82, 2.24) is 19.9 Å². The number of hydrogen-bond donors (Lipinski definition) is 5. The Morgan fingerprint density at radius 1 is 0.879 bits per heavy atom. The van der Waals surface area contributed by atoms with Gasteiger partial charge in [0.05, 0.1) is 53.0 Å². The predicted molar refractivity (Wildman–Crippen MR) is 207 cm³/mol.